The van der Waals surface area contributed by atoms with Crippen LogP contribution < -0.4 is 0 Å². The number of Topliss-reactive ketones (excluding diaryl/α,β-unsaturated/α-hetero) is 1. The second-order valence-electron chi connectivity index (χ2n) is 2.15. The van der Waals surface area contributed by atoms with Crippen molar-refractivity contribution in [3.05, 3.63) is 34.1 Å². The molecule has 0 aliphatic carbocycles. The molecule has 0 amide bonds. The summed E-state index contributed by atoms with van der Waals surface area (Å²) in [7, 11) is 0. The zero-order valence-electron chi connectivity index (χ0n) is 5.98. The summed E-state index contributed by atoms with van der Waals surface area (Å²) in [5.74, 6) is -1.17. The van der Waals surface area contributed by atoms with Crippen molar-refractivity contribution in [1.29, 1.82) is 0 Å². The van der Waals surface area contributed by atoms with Crippen molar-refractivity contribution in [3.63, 3.8) is 0 Å². The molecule has 0 aliphatic rings. The number of carbonyl (C=O) groups excluding carboxylic acids is 1. The molecular weight excluding hydrogens is 246 g/mol. The number of halogens is 3. The van der Waals surface area contributed by atoms with E-state index in [1.807, 2.05) is 0 Å². The Morgan fingerprint density at radius 3 is 2.75 bits per heavy atom. The van der Waals surface area contributed by atoms with Crippen LogP contribution in [0.1, 0.15) is 10.4 Å². The summed E-state index contributed by atoms with van der Waals surface area (Å²) in [5.41, 5.74) is 0.0208. The van der Waals surface area contributed by atoms with Crippen LogP contribution in [-0.2, 0) is 0 Å². The summed E-state index contributed by atoms with van der Waals surface area (Å²) in [6.45, 7) is 0. The molecule has 0 aromatic heterocycles. The van der Waals surface area contributed by atoms with Gasteiger partial charge in [0.1, 0.15) is 5.82 Å². The van der Waals surface area contributed by atoms with Crippen molar-refractivity contribution in [2.45, 2.75) is 0 Å². The highest BCUT2D eigenvalue weighted by atomic mass is 79.9. The second kappa shape index (κ2) is 4.01. The van der Waals surface area contributed by atoms with Gasteiger partial charge in [-0.25, -0.2) is 4.39 Å². The van der Waals surface area contributed by atoms with Crippen molar-refractivity contribution in [3.8, 4) is 0 Å². The van der Waals surface area contributed by atoms with Crippen molar-refractivity contribution < 1.29 is 9.18 Å². The summed E-state index contributed by atoms with van der Waals surface area (Å²) in [4.78, 5) is 11.1. The molecule has 0 spiro atoms. The first-order valence-corrected chi connectivity index (χ1v) is 4.52. The van der Waals surface area contributed by atoms with Gasteiger partial charge in [0.2, 0.25) is 0 Å². The summed E-state index contributed by atoms with van der Waals surface area (Å²) < 4.78 is 13.4. The number of carbonyl (C=O) groups is 1. The van der Waals surface area contributed by atoms with Gasteiger partial charge in [0.15, 0.2) is 5.78 Å². The second-order valence-corrected chi connectivity index (χ2v) is 3.28. The van der Waals surface area contributed by atoms with E-state index in [9.17, 15) is 9.18 Å². The van der Waals surface area contributed by atoms with E-state index in [1.54, 1.807) is 6.07 Å². The lowest BCUT2D eigenvalue weighted by atomic mass is 10.1. The first-order chi connectivity index (χ1) is 5.66. The van der Waals surface area contributed by atoms with Crippen LogP contribution in [-0.4, -0.2) is 11.7 Å². The van der Waals surface area contributed by atoms with Crippen molar-refractivity contribution in [2.75, 3.05) is 5.88 Å². The van der Waals surface area contributed by atoms with E-state index in [4.69, 9.17) is 11.6 Å². The maximum absolute atomic E-state index is 13.0. The minimum Gasteiger partial charge on any atom is -0.293 e. The van der Waals surface area contributed by atoms with Gasteiger partial charge in [-0.15, -0.1) is 11.6 Å². The van der Waals surface area contributed by atoms with E-state index < -0.39 is 11.6 Å². The fourth-order valence-corrected chi connectivity index (χ4v) is 1.53. The van der Waals surface area contributed by atoms with Crippen molar-refractivity contribution in [1.82, 2.24) is 0 Å². The number of ketones is 1. The van der Waals surface area contributed by atoms with Crippen LogP contribution in [0.4, 0.5) is 4.39 Å². The van der Waals surface area contributed by atoms with Crippen molar-refractivity contribution in [2.24, 2.45) is 0 Å². The van der Waals surface area contributed by atoms with E-state index in [0.717, 1.165) is 0 Å². The summed E-state index contributed by atoms with van der Waals surface area (Å²) in [5, 5.41) is 0. The molecule has 0 saturated heterocycles. The van der Waals surface area contributed by atoms with E-state index >= 15 is 0 Å². The largest absolute Gasteiger partial charge is 0.293 e. The number of benzene rings is 1. The first-order valence-electron chi connectivity index (χ1n) is 3.20. The van der Waals surface area contributed by atoms with Crippen LogP contribution in [0.2, 0.25) is 0 Å². The van der Waals surface area contributed by atoms with E-state index in [-0.39, 0.29) is 11.4 Å². The normalized spacial score (nSPS) is 9.92. The quantitative estimate of drug-likeness (QED) is 0.583. The molecule has 0 aliphatic heterocycles. The molecule has 1 nitrogen and oxygen atoms in total. The molecule has 0 N–H and O–H groups in total. The van der Waals surface area contributed by atoms with Gasteiger partial charge in [-0.3, -0.25) is 4.79 Å². The Morgan fingerprint density at radius 1 is 1.58 bits per heavy atom. The molecule has 0 radical (unpaired) electrons. The highest BCUT2D eigenvalue weighted by molar-refractivity contribution is 9.10. The molecule has 64 valence electrons. The van der Waals surface area contributed by atoms with Gasteiger partial charge < -0.3 is 0 Å². The lowest BCUT2D eigenvalue weighted by Gasteiger charge is -2.01. The van der Waals surface area contributed by atoms with E-state index in [1.165, 1.54) is 12.1 Å². The molecule has 0 fully saturated rings. The van der Waals surface area contributed by atoms with Gasteiger partial charge >= 0.3 is 0 Å². The van der Waals surface area contributed by atoms with E-state index in [2.05, 4.69) is 15.9 Å². The Morgan fingerprint density at radius 2 is 2.25 bits per heavy atom. The average molecular weight is 251 g/mol. The molecule has 0 saturated carbocycles. The summed E-state index contributed by atoms with van der Waals surface area (Å²) in [6.07, 6.45) is 0. The predicted octanol–water partition coefficient (Wildman–Crippen LogP) is 3.01. The highest BCUT2D eigenvalue weighted by Gasteiger charge is 2.13. The van der Waals surface area contributed by atoms with Gasteiger partial charge in [-0.2, -0.15) is 0 Å². The molecule has 1 rings (SSSR count). The number of alkyl halides is 1. The molecule has 0 bridgehead atoms. The van der Waals surface area contributed by atoms with Gasteiger partial charge in [0.05, 0.1) is 11.4 Å². The molecular formula is C8H5BrClFO. The SMILES string of the molecule is O=C(CCl)c1c(F)cccc1Br. The predicted molar refractivity (Wildman–Crippen MR) is 49.2 cm³/mol. The van der Waals surface area contributed by atoms with Crippen LogP contribution in [0, 0.1) is 5.82 Å². The molecule has 0 heterocycles. The maximum atomic E-state index is 13.0. The van der Waals surface area contributed by atoms with Gasteiger partial charge in [-0.1, -0.05) is 6.07 Å². The topological polar surface area (TPSA) is 17.1 Å². The van der Waals surface area contributed by atoms with E-state index in [0.29, 0.717) is 4.47 Å². The van der Waals surface area contributed by atoms with Gasteiger partial charge in [0, 0.05) is 4.47 Å². The molecule has 1 aromatic carbocycles. The first kappa shape index (κ1) is 9.68. The van der Waals surface area contributed by atoms with Crippen LogP contribution in [0.15, 0.2) is 22.7 Å². The number of rotatable bonds is 2. The lowest BCUT2D eigenvalue weighted by molar-refractivity contribution is 0.101. The Kier molecular flexibility index (Phi) is 3.23. The smallest absolute Gasteiger partial charge is 0.181 e. The Balaban J connectivity index is 3.21. The Hall–Kier alpha value is -0.410. The summed E-state index contributed by atoms with van der Waals surface area (Å²) >= 11 is 8.36. The van der Waals surface area contributed by atoms with Crippen LogP contribution in [0.5, 0.6) is 0 Å². The average Bonchev–Trinajstić information content (AvgIpc) is 2.03. The Bertz CT molecular complexity index is 294. The van der Waals surface area contributed by atoms with Gasteiger partial charge in [-0.05, 0) is 28.1 Å². The highest BCUT2D eigenvalue weighted by Crippen LogP contribution is 2.20. The van der Waals surface area contributed by atoms with Crippen molar-refractivity contribution >= 4 is 33.3 Å². The minimum atomic E-state index is -0.546. The maximum Gasteiger partial charge on any atom is 0.181 e. The Labute approximate surface area is 82.7 Å². The number of hydrogen-bond donors (Lipinski definition) is 0. The minimum absolute atomic E-state index is 0.0208. The lowest BCUT2D eigenvalue weighted by Crippen LogP contribution is -2.04. The third-order valence-corrected chi connectivity index (χ3v) is 2.27. The fourth-order valence-electron chi connectivity index (χ4n) is 0.831. The molecule has 12 heavy (non-hydrogen) atoms. The summed E-state index contributed by atoms with van der Waals surface area (Å²) in [6, 6.07) is 4.35. The zero-order valence-corrected chi connectivity index (χ0v) is 8.32. The van der Waals surface area contributed by atoms with Crippen LogP contribution in [0.25, 0.3) is 0 Å². The number of hydrogen-bond acceptors (Lipinski definition) is 1. The standard InChI is InChI=1S/C8H5BrClFO/c9-5-2-1-3-6(11)8(5)7(12)4-10/h1-3H,4H2. The third kappa shape index (κ3) is 1.84. The fraction of sp³-hybridized carbons (Fsp3) is 0.125. The molecule has 0 unspecified atom stereocenters. The monoisotopic (exact) mass is 250 g/mol. The molecule has 1 aromatic rings. The third-order valence-electron chi connectivity index (χ3n) is 1.36. The van der Waals surface area contributed by atoms with Gasteiger partial charge in [0.25, 0.3) is 0 Å². The van der Waals surface area contributed by atoms with Crippen LogP contribution in [0.3, 0.4) is 0 Å². The van der Waals surface area contributed by atoms with Crippen LogP contribution >= 0.6 is 27.5 Å². The molecule has 4 heteroatoms. The molecule has 0 atom stereocenters. The zero-order chi connectivity index (χ0) is 9.14.